The van der Waals surface area contributed by atoms with Gasteiger partial charge in [0.15, 0.2) is 0 Å². The molecule has 0 fully saturated rings. The maximum atomic E-state index is 10.4. The second-order valence-electron chi connectivity index (χ2n) is 5.69. The minimum absolute atomic E-state index is 0. The van der Waals surface area contributed by atoms with Crippen molar-refractivity contribution in [2.75, 3.05) is 6.61 Å². The third-order valence-electron chi connectivity index (χ3n) is 3.55. The van der Waals surface area contributed by atoms with E-state index < -0.39 is 10.1 Å². The summed E-state index contributed by atoms with van der Waals surface area (Å²) in [6.07, 6.45) is 13.3. The number of aliphatic hydroxyl groups excluding tert-OH is 1. The van der Waals surface area contributed by atoms with Crippen LogP contribution in [0, 0.1) is 0 Å². The SMILES string of the molecule is CCCCCCCCCCCCO.O=S(=O)(O)c1ccccc1.[Ca+2].[H-].[H-]. The van der Waals surface area contributed by atoms with Crippen LogP contribution in [0.3, 0.4) is 0 Å². The van der Waals surface area contributed by atoms with Crippen molar-refractivity contribution in [3.8, 4) is 0 Å². The number of hydrogen-bond donors (Lipinski definition) is 2. The zero-order valence-electron chi connectivity index (χ0n) is 17.0. The van der Waals surface area contributed by atoms with Crippen LogP contribution in [-0.4, -0.2) is 62.4 Å². The number of benzene rings is 1. The molecule has 1 aromatic carbocycles. The summed E-state index contributed by atoms with van der Waals surface area (Å²) in [5.41, 5.74) is 0. The fourth-order valence-corrected chi connectivity index (χ4v) is 2.69. The van der Waals surface area contributed by atoms with Gasteiger partial charge >= 0.3 is 37.7 Å². The van der Waals surface area contributed by atoms with E-state index in [0.717, 1.165) is 6.42 Å². The van der Waals surface area contributed by atoms with Gasteiger partial charge in [0.1, 0.15) is 0 Å². The van der Waals surface area contributed by atoms with Gasteiger partial charge < -0.3 is 7.96 Å². The molecule has 0 saturated carbocycles. The van der Waals surface area contributed by atoms with Crippen molar-refractivity contribution >= 4 is 47.9 Å². The number of unbranched alkanes of at least 4 members (excludes halogenated alkanes) is 9. The first-order valence-electron chi connectivity index (χ1n) is 8.65. The minimum Gasteiger partial charge on any atom is -1.00 e. The van der Waals surface area contributed by atoms with Gasteiger partial charge in [-0.15, -0.1) is 0 Å². The van der Waals surface area contributed by atoms with Crippen molar-refractivity contribution in [3.05, 3.63) is 30.3 Å². The maximum absolute atomic E-state index is 10.4. The second-order valence-corrected chi connectivity index (χ2v) is 7.12. The predicted octanol–water partition coefficient (Wildman–Crippen LogP) is 4.68. The summed E-state index contributed by atoms with van der Waals surface area (Å²) in [5, 5.41) is 8.57. The molecule has 0 aromatic heterocycles. The van der Waals surface area contributed by atoms with Crippen molar-refractivity contribution < 1.29 is 20.9 Å². The average molecular weight is 387 g/mol. The van der Waals surface area contributed by atoms with Crippen LogP contribution >= 0.6 is 0 Å². The van der Waals surface area contributed by atoms with E-state index in [1.54, 1.807) is 18.2 Å². The van der Waals surface area contributed by atoms with Gasteiger partial charge in [0.2, 0.25) is 0 Å². The van der Waals surface area contributed by atoms with E-state index in [4.69, 9.17) is 9.66 Å². The van der Waals surface area contributed by atoms with Gasteiger partial charge in [-0.3, -0.25) is 4.55 Å². The molecule has 0 spiro atoms. The van der Waals surface area contributed by atoms with Gasteiger partial charge in [-0.25, -0.2) is 0 Å². The van der Waals surface area contributed by atoms with Crippen LogP contribution in [0.5, 0.6) is 0 Å². The van der Waals surface area contributed by atoms with Crippen molar-refractivity contribution in [2.45, 2.75) is 76.0 Å². The molecule has 0 radical (unpaired) electrons. The Bertz CT molecular complexity index is 463. The molecule has 0 amide bonds. The Hall–Kier alpha value is 0.350. The molecule has 0 aliphatic heterocycles. The van der Waals surface area contributed by atoms with Crippen molar-refractivity contribution in [1.82, 2.24) is 0 Å². The van der Waals surface area contributed by atoms with Crippen LogP contribution in [0.25, 0.3) is 0 Å². The van der Waals surface area contributed by atoms with E-state index in [1.165, 1.54) is 69.9 Å². The third-order valence-corrected chi connectivity index (χ3v) is 4.42. The summed E-state index contributed by atoms with van der Waals surface area (Å²) in [4.78, 5) is -0.0741. The summed E-state index contributed by atoms with van der Waals surface area (Å²) < 4.78 is 29.2. The molecule has 1 aromatic rings. The molecule has 0 aliphatic carbocycles. The van der Waals surface area contributed by atoms with Crippen LogP contribution in [-0.2, 0) is 10.1 Å². The summed E-state index contributed by atoms with van der Waals surface area (Å²) in [6, 6.07) is 7.42. The molecule has 0 bridgehead atoms. The Labute approximate surface area is 180 Å². The maximum Gasteiger partial charge on any atom is 2.00 e. The van der Waals surface area contributed by atoms with E-state index in [2.05, 4.69) is 6.92 Å². The first-order chi connectivity index (χ1) is 11.0. The zero-order valence-corrected chi connectivity index (χ0v) is 18.0. The van der Waals surface area contributed by atoms with Crippen LogP contribution in [0.1, 0.15) is 74.0 Å². The van der Waals surface area contributed by atoms with Crippen LogP contribution in [0.4, 0.5) is 0 Å². The monoisotopic (exact) mass is 386 g/mol. The largest absolute Gasteiger partial charge is 2.00 e. The molecule has 0 heterocycles. The summed E-state index contributed by atoms with van der Waals surface area (Å²) in [5.74, 6) is 0. The Balaban J connectivity index is -0.000000170. The first kappa shape index (κ1) is 26.6. The molecule has 1 rings (SSSR count). The molecule has 0 unspecified atom stereocenters. The Morgan fingerprint density at radius 3 is 1.58 bits per heavy atom. The second kappa shape index (κ2) is 18.2. The predicted molar refractivity (Wildman–Crippen MR) is 103 cm³/mol. The van der Waals surface area contributed by atoms with Gasteiger partial charge in [-0.1, -0.05) is 82.9 Å². The van der Waals surface area contributed by atoms with Gasteiger partial charge in [0.05, 0.1) is 4.90 Å². The van der Waals surface area contributed by atoms with Crippen molar-refractivity contribution in [1.29, 1.82) is 0 Å². The molecular weight excluding hydrogens is 352 g/mol. The third kappa shape index (κ3) is 17.2. The molecule has 2 N–H and O–H groups in total. The van der Waals surface area contributed by atoms with E-state index in [9.17, 15) is 8.42 Å². The van der Waals surface area contributed by atoms with E-state index in [-0.39, 0.29) is 45.5 Å². The van der Waals surface area contributed by atoms with Crippen LogP contribution < -0.4 is 0 Å². The Morgan fingerprint density at radius 1 is 0.833 bits per heavy atom. The molecule has 138 valence electrons. The first-order valence-corrected chi connectivity index (χ1v) is 10.1. The van der Waals surface area contributed by atoms with Gasteiger partial charge in [-0.2, -0.15) is 8.42 Å². The topological polar surface area (TPSA) is 74.6 Å². The normalized spacial score (nSPS) is 10.5. The van der Waals surface area contributed by atoms with E-state index in [0.29, 0.717) is 6.61 Å². The van der Waals surface area contributed by atoms with Gasteiger partial charge in [-0.05, 0) is 18.6 Å². The van der Waals surface area contributed by atoms with Gasteiger partial charge in [0.25, 0.3) is 10.1 Å². The average Bonchev–Trinajstić information content (AvgIpc) is 2.54. The zero-order chi connectivity index (χ0) is 17.4. The van der Waals surface area contributed by atoms with Crippen LogP contribution in [0.2, 0.25) is 0 Å². The molecule has 0 aliphatic rings. The van der Waals surface area contributed by atoms with Crippen molar-refractivity contribution in [2.24, 2.45) is 0 Å². The minimum atomic E-state index is -4.00. The Morgan fingerprint density at radius 2 is 1.25 bits per heavy atom. The molecule has 0 atom stereocenters. The molecule has 0 saturated heterocycles. The molecule has 24 heavy (non-hydrogen) atoms. The molecular formula is C18H34CaO4S. The number of aliphatic hydroxyl groups is 1. The Kier molecular flexibility index (Phi) is 20.1. The fourth-order valence-electron chi connectivity index (χ4n) is 2.19. The number of rotatable bonds is 11. The smallest absolute Gasteiger partial charge is 1.00 e. The molecule has 4 nitrogen and oxygen atoms in total. The quantitative estimate of drug-likeness (QED) is 0.329. The van der Waals surface area contributed by atoms with Gasteiger partial charge in [0, 0.05) is 6.61 Å². The number of hydrogen-bond acceptors (Lipinski definition) is 3. The summed E-state index contributed by atoms with van der Waals surface area (Å²) in [7, 11) is -4.00. The van der Waals surface area contributed by atoms with E-state index in [1.807, 2.05) is 0 Å². The van der Waals surface area contributed by atoms with Crippen molar-refractivity contribution in [3.63, 3.8) is 0 Å². The van der Waals surface area contributed by atoms with Crippen LogP contribution in [0.15, 0.2) is 35.2 Å². The molecule has 6 heteroatoms. The standard InChI is InChI=1S/C12H26O.C6H6O3S.Ca.2H/c1-2-3-4-5-6-7-8-9-10-11-12-13;7-10(8,9)6-4-2-1-3-5-6;;;/h13H,2-12H2,1H3;1-5H,(H,7,8,9);;;/q;;+2;2*-1. The van der Waals surface area contributed by atoms with E-state index >= 15 is 0 Å². The summed E-state index contributed by atoms with van der Waals surface area (Å²) in [6.45, 7) is 2.63. The summed E-state index contributed by atoms with van der Waals surface area (Å²) >= 11 is 0. The fraction of sp³-hybridized carbons (Fsp3) is 0.667.